The predicted molar refractivity (Wildman–Crippen MR) is 120 cm³/mol. The van der Waals surface area contributed by atoms with E-state index < -0.39 is 21.9 Å². The van der Waals surface area contributed by atoms with E-state index in [1.165, 1.54) is 49.7 Å². The van der Waals surface area contributed by atoms with Crippen LogP contribution in [0.1, 0.15) is 12.5 Å². The average molecular weight is 473 g/mol. The maximum atomic E-state index is 12.4. The Morgan fingerprint density at radius 1 is 1.00 bits per heavy atom. The van der Waals surface area contributed by atoms with Crippen molar-refractivity contribution in [3.63, 3.8) is 0 Å². The summed E-state index contributed by atoms with van der Waals surface area (Å²) in [5.41, 5.74) is 1.14. The number of ether oxygens (including phenoxy) is 1. The van der Waals surface area contributed by atoms with E-state index in [1.807, 2.05) is 0 Å². The molecule has 1 heterocycles. The van der Waals surface area contributed by atoms with Crippen molar-refractivity contribution < 1.29 is 22.7 Å². The Bertz CT molecular complexity index is 1240. The van der Waals surface area contributed by atoms with Crippen molar-refractivity contribution in [1.29, 1.82) is 0 Å². The minimum Gasteiger partial charge on any atom is -0.427 e. The molecule has 2 aromatic carbocycles. The van der Waals surface area contributed by atoms with Crippen LogP contribution in [0.4, 0.5) is 11.6 Å². The van der Waals surface area contributed by atoms with Crippen molar-refractivity contribution in [3.05, 3.63) is 77.6 Å². The Balaban J connectivity index is 1.59. The molecule has 0 radical (unpaired) electrons. The molecule has 9 nitrogen and oxygen atoms in total. The van der Waals surface area contributed by atoms with E-state index in [4.69, 9.17) is 16.3 Å². The quantitative estimate of drug-likeness (QED) is 0.306. The molecule has 0 saturated carbocycles. The summed E-state index contributed by atoms with van der Waals surface area (Å²) in [6.07, 6.45) is 5.45. The van der Waals surface area contributed by atoms with Gasteiger partial charge in [-0.25, -0.2) is 23.1 Å². The summed E-state index contributed by atoms with van der Waals surface area (Å²) in [6, 6.07) is 12.2. The number of rotatable bonds is 7. The number of halogens is 1. The van der Waals surface area contributed by atoms with E-state index in [2.05, 4.69) is 20.0 Å². The van der Waals surface area contributed by atoms with Crippen molar-refractivity contribution >= 4 is 51.2 Å². The summed E-state index contributed by atoms with van der Waals surface area (Å²) in [5.74, 6) is -0.526. The molecule has 3 rings (SSSR count). The lowest BCUT2D eigenvalue weighted by Gasteiger charge is -2.08. The molecule has 1 amide bonds. The molecule has 2 N–H and O–H groups in total. The average Bonchev–Trinajstić information content (AvgIpc) is 2.75. The molecule has 0 atom stereocenters. The second-order valence-electron chi connectivity index (χ2n) is 6.34. The Hall–Kier alpha value is -3.76. The van der Waals surface area contributed by atoms with E-state index in [0.717, 1.165) is 5.56 Å². The number of nitrogens with zero attached hydrogens (tertiary/aromatic N) is 2. The van der Waals surface area contributed by atoms with Gasteiger partial charge in [-0.15, -0.1) is 0 Å². The van der Waals surface area contributed by atoms with Crippen LogP contribution in [0, 0.1) is 0 Å². The molecule has 1 aromatic heterocycles. The number of esters is 1. The zero-order chi connectivity index (χ0) is 23.1. The number of hydrogen-bond acceptors (Lipinski definition) is 7. The molecule has 0 unspecified atom stereocenters. The van der Waals surface area contributed by atoms with Crippen LogP contribution in [-0.2, 0) is 19.6 Å². The monoisotopic (exact) mass is 472 g/mol. The smallest absolute Gasteiger partial charge is 0.308 e. The van der Waals surface area contributed by atoms with Gasteiger partial charge >= 0.3 is 5.97 Å². The Morgan fingerprint density at radius 2 is 1.62 bits per heavy atom. The van der Waals surface area contributed by atoms with E-state index in [-0.39, 0.29) is 15.9 Å². The number of carbonyl (C=O) groups excluding carboxylic acids is 2. The van der Waals surface area contributed by atoms with Gasteiger partial charge < -0.3 is 10.1 Å². The maximum absolute atomic E-state index is 12.4. The van der Waals surface area contributed by atoms with Gasteiger partial charge in [0.1, 0.15) is 5.75 Å². The summed E-state index contributed by atoms with van der Waals surface area (Å²) >= 11 is 5.68. The highest BCUT2D eigenvalue weighted by Crippen LogP contribution is 2.17. The normalized spacial score (nSPS) is 11.2. The third-order valence-electron chi connectivity index (χ3n) is 3.85. The first-order valence-electron chi connectivity index (χ1n) is 9.09. The molecule has 11 heteroatoms. The third kappa shape index (κ3) is 6.62. The Kier molecular flexibility index (Phi) is 7.18. The highest BCUT2D eigenvalue weighted by atomic mass is 35.5. The van der Waals surface area contributed by atoms with Crippen LogP contribution >= 0.6 is 11.6 Å². The summed E-state index contributed by atoms with van der Waals surface area (Å²) in [5, 5.41) is 2.91. The molecule has 0 spiro atoms. The van der Waals surface area contributed by atoms with E-state index in [9.17, 15) is 18.0 Å². The van der Waals surface area contributed by atoms with Crippen LogP contribution in [0.5, 0.6) is 5.75 Å². The fraction of sp³-hybridized carbons (Fsp3) is 0.0476. The van der Waals surface area contributed by atoms with Crippen LogP contribution in [0.25, 0.3) is 6.08 Å². The van der Waals surface area contributed by atoms with Gasteiger partial charge in [-0.2, -0.15) is 0 Å². The number of amides is 1. The fourth-order valence-corrected chi connectivity index (χ4v) is 3.49. The second-order valence-corrected chi connectivity index (χ2v) is 8.46. The van der Waals surface area contributed by atoms with Crippen molar-refractivity contribution in [3.8, 4) is 5.75 Å². The van der Waals surface area contributed by atoms with Crippen molar-refractivity contribution in [2.45, 2.75) is 11.8 Å². The number of carbonyl (C=O) groups is 2. The molecule has 0 aliphatic rings. The second kappa shape index (κ2) is 10.0. The lowest BCUT2D eigenvalue weighted by molar-refractivity contribution is -0.131. The molecule has 0 bridgehead atoms. The molecule has 164 valence electrons. The first kappa shape index (κ1) is 22.9. The Morgan fingerprint density at radius 3 is 2.22 bits per heavy atom. The Labute approximate surface area is 189 Å². The SMILES string of the molecule is CC(=O)Oc1ccc(/C=C/C(=O)Nc2ccc(S(=O)(=O)Nc3ncc(Cl)cn3)cc2)cc1. The number of nitrogens with one attached hydrogen (secondary N) is 2. The number of anilines is 2. The zero-order valence-corrected chi connectivity index (χ0v) is 18.2. The van der Waals surface area contributed by atoms with Gasteiger partial charge in [-0.3, -0.25) is 9.59 Å². The topological polar surface area (TPSA) is 127 Å². The molecule has 32 heavy (non-hydrogen) atoms. The molecule has 0 aliphatic carbocycles. The summed E-state index contributed by atoms with van der Waals surface area (Å²) in [7, 11) is -3.90. The fourth-order valence-electron chi connectivity index (χ4n) is 2.43. The van der Waals surface area contributed by atoms with Gasteiger partial charge in [0.2, 0.25) is 11.9 Å². The van der Waals surface area contributed by atoms with Crippen LogP contribution in [0.3, 0.4) is 0 Å². The summed E-state index contributed by atoms with van der Waals surface area (Å²) < 4.78 is 32.0. The molecule has 0 aliphatic heterocycles. The van der Waals surface area contributed by atoms with Crippen LogP contribution < -0.4 is 14.8 Å². The largest absolute Gasteiger partial charge is 0.427 e. The minimum atomic E-state index is -3.90. The number of sulfonamides is 1. The highest BCUT2D eigenvalue weighted by molar-refractivity contribution is 7.92. The molecule has 0 fully saturated rings. The van der Waals surface area contributed by atoms with Crippen molar-refractivity contribution in [1.82, 2.24) is 9.97 Å². The van der Waals surface area contributed by atoms with Crippen molar-refractivity contribution in [2.75, 3.05) is 10.0 Å². The summed E-state index contributed by atoms with van der Waals surface area (Å²) in [4.78, 5) is 30.6. The highest BCUT2D eigenvalue weighted by Gasteiger charge is 2.15. The van der Waals surface area contributed by atoms with Gasteiger partial charge in [-0.1, -0.05) is 23.7 Å². The van der Waals surface area contributed by atoms with Crippen LogP contribution in [-0.4, -0.2) is 30.3 Å². The van der Waals surface area contributed by atoms with Crippen molar-refractivity contribution in [2.24, 2.45) is 0 Å². The first-order valence-corrected chi connectivity index (χ1v) is 11.0. The standard InChI is InChI=1S/C21H17ClN4O5S/c1-14(27)31-18-7-2-15(3-8-18)4-11-20(28)25-17-5-9-19(10-6-17)32(29,30)26-21-23-12-16(22)13-24-21/h2-13H,1H3,(H,25,28)(H,23,24,26)/b11-4+. The van der Waals surface area contributed by atoms with E-state index >= 15 is 0 Å². The minimum absolute atomic E-state index is 0.0301. The lowest BCUT2D eigenvalue weighted by atomic mass is 10.2. The maximum Gasteiger partial charge on any atom is 0.308 e. The predicted octanol–water partition coefficient (Wildman–Crippen LogP) is 3.51. The number of aromatic nitrogens is 2. The van der Waals surface area contributed by atoms with Crippen LogP contribution in [0.15, 0.2) is 71.9 Å². The van der Waals surface area contributed by atoms with E-state index in [0.29, 0.717) is 11.4 Å². The molecular weight excluding hydrogens is 456 g/mol. The molecular formula is C21H17ClN4O5S. The zero-order valence-electron chi connectivity index (χ0n) is 16.7. The van der Waals surface area contributed by atoms with Gasteiger partial charge in [0.25, 0.3) is 10.0 Å². The van der Waals surface area contributed by atoms with Gasteiger partial charge in [0.15, 0.2) is 0 Å². The molecule has 0 saturated heterocycles. The number of benzene rings is 2. The third-order valence-corrected chi connectivity index (χ3v) is 5.39. The van der Waals surface area contributed by atoms with Gasteiger partial charge in [0, 0.05) is 18.7 Å². The van der Waals surface area contributed by atoms with Gasteiger partial charge in [-0.05, 0) is 48.0 Å². The summed E-state index contributed by atoms with van der Waals surface area (Å²) in [6.45, 7) is 1.31. The lowest BCUT2D eigenvalue weighted by Crippen LogP contribution is -2.15. The van der Waals surface area contributed by atoms with Crippen LogP contribution in [0.2, 0.25) is 5.02 Å². The number of hydrogen-bond donors (Lipinski definition) is 2. The first-order chi connectivity index (χ1) is 15.2. The van der Waals surface area contributed by atoms with E-state index in [1.54, 1.807) is 30.3 Å². The molecule has 3 aromatic rings. The van der Waals surface area contributed by atoms with Gasteiger partial charge in [0.05, 0.1) is 22.3 Å².